The van der Waals surface area contributed by atoms with Crippen LogP contribution in [0.25, 0.3) is 10.1 Å². The number of halogens is 1. The molecule has 3 aromatic rings. The molecule has 1 saturated heterocycles. The van der Waals surface area contributed by atoms with Crippen molar-refractivity contribution in [1.29, 1.82) is 0 Å². The lowest BCUT2D eigenvalue weighted by atomic mass is 9.84. The van der Waals surface area contributed by atoms with Crippen molar-refractivity contribution in [2.45, 2.75) is 31.7 Å². The maximum absolute atomic E-state index is 13.3. The van der Waals surface area contributed by atoms with Gasteiger partial charge in [-0.1, -0.05) is 29.8 Å². The van der Waals surface area contributed by atoms with E-state index in [0.717, 1.165) is 22.9 Å². The highest BCUT2D eigenvalue weighted by atomic mass is 35.5. The first-order valence-electron chi connectivity index (χ1n) is 11.6. The lowest BCUT2D eigenvalue weighted by molar-refractivity contribution is -0.146. The minimum Gasteiger partial charge on any atom is -0.370 e. The van der Waals surface area contributed by atoms with Crippen molar-refractivity contribution in [3.05, 3.63) is 52.5 Å². The number of thiophene rings is 1. The lowest BCUT2D eigenvalue weighted by Gasteiger charge is -2.38. The predicted molar refractivity (Wildman–Crippen MR) is 136 cm³/mol. The molecule has 1 aliphatic heterocycles. The summed E-state index contributed by atoms with van der Waals surface area (Å²) in [5, 5.41) is 7.14. The molecule has 2 N–H and O–H groups in total. The number of fused-ring (bicyclic) bond motifs is 1. The van der Waals surface area contributed by atoms with Gasteiger partial charge in [-0.25, -0.2) is 4.98 Å². The molecular formula is C25H25ClN4O4S. The number of rotatable bonds is 5. The Morgan fingerprint density at radius 1 is 1.09 bits per heavy atom. The Morgan fingerprint density at radius 3 is 2.63 bits per heavy atom. The number of carbonyl (C=O) groups is 3. The molecule has 0 bridgehead atoms. The first kappa shape index (κ1) is 23.7. The number of carbonyl (C=O) groups excluding carboxylic acids is 3. The summed E-state index contributed by atoms with van der Waals surface area (Å²) < 4.78 is 6.14. The van der Waals surface area contributed by atoms with Crippen LogP contribution in [0, 0.1) is 5.92 Å². The van der Waals surface area contributed by atoms with E-state index in [1.54, 1.807) is 12.1 Å². The molecule has 8 nitrogen and oxygen atoms in total. The molecule has 2 aliphatic rings. The zero-order valence-corrected chi connectivity index (χ0v) is 20.5. The second-order valence-corrected chi connectivity index (χ2v) is 10.2. The quantitative estimate of drug-likeness (QED) is 0.522. The van der Waals surface area contributed by atoms with Crippen molar-refractivity contribution in [3.8, 4) is 0 Å². The van der Waals surface area contributed by atoms with E-state index in [4.69, 9.17) is 16.3 Å². The summed E-state index contributed by atoms with van der Waals surface area (Å²) in [6.45, 7) is 1.32. The Bertz CT molecular complexity index is 1250. The van der Waals surface area contributed by atoms with Crippen LogP contribution >= 0.6 is 22.9 Å². The fourth-order valence-electron chi connectivity index (χ4n) is 4.74. The summed E-state index contributed by atoms with van der Waals surface area (Å²) >= 11 is 7.22. The number of nitrogens with zero attached hydrogens (tertiary/aromatic N) is 2. The third-order valence-corrected chi connectivity index (χ3v) is 7.94. The highest BCUT2D eigenvalue weighted by Gasteiger charge is 2.33. The average molecular weight is 513 g/mol. The molecule has 2 aromatic heterocycles. The van der Waals surface area contributed by atoms with Gasteiger partial charge in [-0.3, -0.25) is 14.4 Å². The maximum atomic E-state index is 13.3. The number of hydrogen-bond acceptors (Lipinski definition) is 6. The number of amides is 3. The van der Waals surface area contributed by atoms with Crippen molar-refractivity contribution in [2.75, 3.05) is 30.4 Å². The molecule has 182 valence electrons. The first-order valence-corrected chi connectivity index (χ1v) is 12.8. The van der Waals surface area contributed by atoms with Gasteiger partial charge in [-0.15, -0.1) is 11.3 Å². The Hall–Kier alpha value is -3.01. The summed E-state index contributed by atoms with van der Waals surface area (Å²) in [6, 6.07) is 11.1. The standard InChI is InChI=1S/C25H25ClN4O4S/c26-16-7-10-20(27-13-16)28-25(33)23-22(18-3-1-2-4-19(18)35-23)29-24(32)15-5-8-17(9-6-15)30-11-12-34-14-21(30)31/h1-4,7,10,13,15,17H,5-6,8-9,11-12,14H2,(H,29,32)(H,27,28,33)/t15-,17-. The van der Waals surface area contributed by atoms with Crippen LogP contribution in [-0.4, -0.2) is 53.4 Å². The van der Waals surface area contributed by atoms with Crippen LogP contribution in [0.4, 0.5) is 11.5 Å². The van der Waals surface area contributed by atoms with Gasteiger partial charge in [0.1, 0.15) is 17.3 Å². The molecule has 0 spiro atoms. The van der Waals surface area contributed by atoms with E-state index in [1.165, 1.54) is 17.5 Å². The molecule has 35 heavy (non-hydrogen) atoms. The molecule has 3 heterocycles. The molecule has 0 radical (unpaired) electrons. The monoisotopic (exact) mass is 512 g/mol. The highest BCUT2D eigenvalue weighted by molar-refractivity contribution is 7.21. The smallest absolute Gasteiger partial charge is 0.269 e. The van der Waals surface area contributed by atoms with Crippen molar-refractivity contribution < 1.29 is 19.1 Å². The first-order chi connectivity index (χ1) is 17.0. The van der Waals surface area contributed by atoms with Gasteiger partial charge in [0.05, 0.1) is 17.3 Å². The topological polar surface area (TPSA) is 101 Å². The number of ether oxygens (including phenoxy) is 1. The number of pyridine rings is 1. The lowest BCUT2D eigenvalue weighted by Crippen LogP contribution is -2.49. The molecule has 1 saturated carbocycles. The highest BCUT2D eigenvalue weighted by Crippen LogP contribution is 2.37. The number of hydrogen-bond donors (Lipinski definition) is 2. The van der Waals surface area contributed by atoms with Crippen LogP contribution in [0.1, 0.15) is 35.4 Å². The van der Waals surface area contributed by atoms with Gasteiger partial charge in [0.2, 0.25) is 11.8 Å². The third-order valence-electron chi connectivity index (χ3n) is 6.55. The molecule has 10 heteroatoms. The fourth-order valence-corrected chi connectivity index (χ4v) is 5.91. The van der Waals surface area contributed by atoms with Crippen molar-refractivity contribution in [2.24, 2.45) is 5.92 Å². The van der Waals surface area contributed by atoms with Gasteiger partial charge >= 0.3 is 0 Å². The minimum absolute atomic E-state index is 0.0275. The molecule has 2 fully saturated rings. The summed E-state index contributed by atoms with van der Waals surface area (Å²) in [5.41, 5.74) is 0.521. The summed E-state index contributed by atoms with van der Waals surface area (Å²) in [6.07, 6.45) is 4.41. The fraction of sp³-hybridized carbons (Fsp3) is 0.360. The maximum Gasteiger partial charge on any atom is 0.269 e. The number of benzene rings is 1. The van der Waals surface area contributed by atoms with E-state index >= 15 is 0 Å². The molecule has 1 aliphatic carbocycles. The van der Waals surface area contributed by atoms with Crippen LogP contribution in [0.2, 0.25) is 5.02 Å². The summed E-state index contributed by atoms with van der Waals surface area (Å²) in [7, 11) is 0. The van der Waals surface area contributed by atoms with Gasteiger partial charge in [-0.2, -0.15) is 0 Å². The van der Waals surface area contributed by atoms with E-state index in [1.807, 2.05) is 29.2 Å². The SMILES string of the molecule is O=C(Nc1ccc(Cl)cn1)c1sc2ccccc2c1NC(=O)[C@H]1CC[C@H](N2CCOCC2=O)CC1. The van der Waals surface area contributed by atoms with E-state index in [2.05, 4.69) is 15.6 Å². The largest absolute Gasteiger partial charge is 0.370 e. The van der Waals surface area contributed by atoms with Crippen molar-refractivity contribution in [1.82, 2.24) is 9.88 Å². The van der Waals surface area contributed by atoms with E-state index < -0.39 is 0 Å². The molecule has 1 aromatic carbocycles. The second-order valence-electron chi connectivity index (χ2n) is 8.75. The average Bonchev–Trinajstić information content (AvgIpc) is 3.24. The van der Waals surface area contributed by atoms with Gasteiger partial charge in [0.25, 0.3) is 5.91 Å². The Kier molecular flexibility index (Phi) is 6.99. The summed E-state index contributed by atoms with van der Waals surface area (Å²) in [4.78, 5) is 45.0. The minimum atomic E-state index is -0.342. The number of anilines is 2. The molecule has 0 atom stereocenters. The zero-order valence-electron chi connectivity index (χ0n) is 19.0. The normalized spacial score (nSPS) is 20.6. The number of aromatic nitrogens is 1. The van der Waals surface area contributed by atoms with Gasteiger partial charge < -0.3 is 20.3 Å². The van der Waals surface area contributed by atoms with Crippen LogP contribution in [0.5, 0.6) is 0 Å². The van der Waals surface area contributed by atoms with Crippen LogP contribution in [-0.2, 0) is 14.3 Å². The molecular weight excluding hydrogens is 488 g/mol. The Morgan fingerprint density at radius 2 is 1.89 bits per heavy atom. The van der Waals surface area contributed by atoms with E-state index in [-0.39, 0.29) is 36.3 Å². The van der Waals surface area contributed by atoms with Gasteiger partial charge in [-0.05, 0) is 43.9 Å². The van der Waals surface area contributed by atoms with Crippen LogP contribution in [0.3, 0.4) is 0 Å². The Balaban J connectivity index is 1.30. The van der Waals surface area contributed by atoms with Gasteiger partial charge in [0, 0.05) is 34.8 Å². The number of nitrogens with one attached hydrogen (secondary N) is 2. The Labute approximate surface area is 211 Å². The van der Waals surface area contributed by atoms with Crippen LogP contribution < -0.4 is 10.6 Å². The van der Waals surface area contributed by atoms with E-state index in [0.29, 0.717) is 47.4 Å². The molecule has 5 rings (SSSR count). The van der Waals surface area contributed by atoms with Crippen molar-refractivity contribution >= 4 is 62.3 Å². The second kappa shape index (κ2) is 10.3. The predicted octanol–water partition coefficient (Wildman–Crippen LogP) is 4.56. The third kappa shape index (κ3) is 5.17. The van der Waals surface area contributed by atoms with Gasteiger partial charge in [0.15, 0.2) is 0 Å². The molecule has 3 amide bonds. The zero-order chi connectivity index (χ0) is 24.4. The van der Waals surface area contributed by atoms with Crippen molar-refractivity contribution in [3.63, 3.8) is 0 Å². The molecule has 0 unspecified atom stereocenters. The van der Waals surface area contributed by atoms with Crippen LogP contribution in [0.15, 0.2) is 42.6 Å². The number of morpholine rings is 1. The van der Waals surface area contributed by atoms with E-state index in [9.17, 15) is 14.4 Å². The summed E-state index contributed by atoms with van der Waals surface area (Å²) in [5.74, 6) is -0.204.